The van der Waals surface area contributed by atoms with E-state index in [9.17, 15) is 14.9 Å². The zero-order valence-corrected chi connectivity index (χ0v) is 12.5. The van der Waals surface area contributed by atoms with Crippen molar-refractivity contribution in [2.75, 3.05) is 13.1 Å². The number of aromatic nitrogens is 2. The van der Waals surface area contributed by atoms with Gasteiger partial charge in [-0.1, -0.05) is 0 Å². The largest absolute Gasteiger partial charge is 0.444 e. The van der Waals surface area contributed by atoms with Crippen LogP contribution < -0.4 is 0 Å². The number of ether oxygens (including phenoxy) is 1. The molecule has 8 heteroatoms. The molecule has 116 valence electrons. The lowest BCUT2D eigenvalue weighted by Gasteiger charge is -2.34. The molecule has 21 heavy (non-hydrogen) atoms. The lowest BCUT2D eigenvalue weighted by atomic mass is 10.1. The number of imidazole rings is 1. The van der Waals surface area contributed by atoms with Crippen molar-refractivity contribution in [2.24, 2.45) is 0 Å². The van der Waals surface area contributed by atoms with Crippen LogP contribution in [0.3, 0.4) is 0 Å². The predicted octanol–water partition coefficient (Wildman–Crippen LogP) is 2.36. The summed E-state index contributed by atoms with van der Waals surface area (Å²) < 4.78 is 7.06. The zero-order valence-electron chi connectivity index (χ0n) is 12.5. The van der Waals surface area contributed by atoms with E-state index in [4.69, 9.17) is 4.74 Å². The summed E-state index contributed by atoms with van der Waals surface area (Å²) >= 11 is 0. The topological polar surface area (TPSA) is 90.5 Å². The van der Waals surface area contributed by atoms with Crippen LogP contribution in [0.25, 0.3) is 0 Å². The van der Waals surface area contributed by atoms with E-state index in [0.717, 1.165) is 12.8 Å². The number of nitrogens with zero attached hydrogens (tertiary/aromatic N) is 4. The molecular formula is C13H20N4O4. The molecule has 1 atom stereocenters. The predicted molar refractivity (Wildman–Crippen MR) is 75.0 cm³/mol. The van der Waals surface area contributed by atoms with Crippen LogP contribution >= 0.6 is 0 Å². The van der Waals surface area contributed by atoms with Gasteiger partial charge in [-0.25, -0.2) is 4.79 Å². The highest BCUT2D eigenvalue weighted by atomic mass is 16.6. The smallest absolute Gasteiger partial charge is 0.410 e. The van der Waals surface area contributed by atoms with E-state index in [-0.39, 0.29) is 18.0 Å². The SMILES string of the molecule is CC(C)(C)OC(=O)N1CCCC(n2cnc([N+](=O)[O-])c2)C1. The van der Waals surface area contributed by atoms with Crippen LogP contribution in [0.1, 0.15) is 39.7 Å². The first-order valence-corrected chi connectivity index (χ1v) is 6.92. The molecule has 0 saturated carbocycles. The average molecular weight is 296 g/mol. The van der Waals surface area contributed by atoms with Gasteiger partial charge in [-0.2, -0.15) is 0 Å². The van der Waals surface area contributed by atoms with Crippen LogP contribution in [0.2, 0.25) is 0 Å². The molecule has 1 aliphatic heterocycles. The van der Waals surface area contributed by atoms with Gasteiger partial charge in [0.05, 0.1) is 6.04 Å². The second-order valence-corrected chi connectivity index (χ2v) is 6.16. The molecule has 0 N–H and O–H groups in total. The van der Waals surface area contributed by atoms with E-state index >= 15 is 0 Å². The Balaban J connectivity index is 2.03. The minimum atomic E-state index is -0.530. The van der Waals surface area contributed by atoms with E-state index in [1.54, 1.807) is 9.47 Å². The Bertz CT molecular complexity index is 535. The Hall–Kier alpha value is -2.12. The van der Waals surface area contributed by atoms with Gasteiger partial charge in [-0.05, 0) is 43.5 Å². The van der Waals surface area contributed by atoms with E-state index in [2.05, 4.69) is 4.98 Å². The molecule has 1 aromatic rings. The highest BCUT2D eigenvalue weighted by Gasteiger charge is 2.29. The Morgan fingerprint density at radius 1 is 1.52 bits per heavy atom. The Morgan fingerprint density at radius 2 is 2.24 bits per heavy atom. The van der Waals surface area contributed by atoms with Gasteiger partial charge in [0.2, 0.25) is 6.33 Å². The molecule has 0 spiro atoms. The highest BCUT2D eigenvalue weighted by molar-refractivity contribution is 5.68. The fraction of sp³-hybridized carbons (Fsp3) is 0.692. The molecule has 1 saturated heterocycles. The molecule has 2 rings (SSSR count). The van der Waals surface area contributed by atoms with Crippen LogP contribution in [0.5, 0.6) is 0 Å². The molecule has 8 nitrogen and oxygen atoms in total. The summed E-state index contributed by atoms with van der Waals surface area (Å²) in [4.78, 5) is 27.6. The standard InChI is InChI=1S/C13H20N4O4/c1-13(2,3)21-12(18)15-6-4-5-10(7-15)16-8-11(14-9-16)17(19)20/h8-10H,4-7H2,1-3H3. The number of piperidine rings is 1. The number of hydrogen-bond acceptors (Lipinski definition) is 5. The monoisotopic (exact) mass is 296 g/mol. The second kappa shape index (κ2) is 5.71. The first-order valence-electron chi connectivity index (χ1n) is 6.92. The number of hydrogen-bond donors (Lipinski definition) is 0. The maximum atomic E-state index is 12.1. The van der Waals surface area contributed by atoms with Gasteiger partial charge < -0.3 is 24.3 Å². The van der Waals surface area contributed by atoms with E-state index in [1.807, 2.05) is 20.8 Å². The van der Waals surface area contributed by atoms with Gasteiger partial charge >= 0.3 is 11.9 Å². The molecule has 2 heterocycles. The summed E-state index contributed by atoms with van der Waals surface area (Å²) in [5.41, 5.74) is -0.530. The Morgan fingerprint density at radius 3 is 2.81 bits per heavy atom. The second-order valence-electron chi connectivity index (χ2n) is 6.16. The van der Waals surface area contributed by atoms with Crippen molar-refractivity contribution in [3.8, 4) is 0 Å². The van der Waals surface area contributed by atoms with E-state index in [0.29, 0.717) is 13.1 Å². The fourth-order valence-corrected chi connectivity index (χ4v) is 2.31. The summed E-state index contributed by atoms with van der Waals surface area (Å²) in [6.45, 7) is 6.59. The number of amides is 1. The van der Waals surface area contributed by atoms with Gasteiger partial charge in [0.15, 0.2) is 0 Å². The molecule has 1 fully saturated rings. The normalized spacial score (nSPS) is 19.4. The van der Waals surface area contributed by atoms with Crippen LogP contribution in [0.15, 0.2) is 12.5 Å². The van der Waals surface area contributed by atoms with Crippen molar-refractivity contribution >= 4 is 11.9 Å². The van der Waals surface area contributed by atoms with Crippen molar-refractivity contribution < 1.29 is 14.5 Å². The van der Waals surface area contributed by atoms with Crippen LogP contribution in [0, 0.1) is 10.1 Å². The first kappa shape index (κ1) is 15.3. The van der Waals surface area contributed by atoms with Crippen molar-refractivity contribution in [3.05, 3.63) is 22.6 Å². The van der Waals surface area contributed by atoms with Crippen LogP contribution in [0.4, 0.5) is 10.6 Å². The Labute approximate surface area is 122 Å². The van der Waals surface area contributed by atoms with Crippen LogP contribution in [-0.4, -0.2) is 44.2 Å². The molecule has 0 bridgehead atoms. The molecule has 1 unspecified atom stereocenters. The molecule has 0 aromatic carbocycles. The fourth-order valence-electron chi connectivity index (χ4n) is 2.31. The molecule has 0 radical (unpaired) electrons. The highest BCUT2D eigenvalue weighted by Crippen LogP contribution is 2.24. The lowest BCUT2D eigenvalue weighted by molar-refractivity contribution is -0.389. The summed E-state index contributed by atoms with van der Waals surface area (Å²) in [6, 6.07) is -0.00697. The van der Waals surface area contributed by atoms with Gasteiger partial charge in [-0.15, -0.1) is 0 Å². The number of likely N-dealkylation sites (tertiary alicyclic amines) is 1. The summed E-state index contributed by atoms with van der Waals surface area (Å²) in [5.74, 6) is -0.176. The number of carbonyl (C=O) groups excluding carboxylic acids is 1. The van der Waals surface area contributed by atoms with Crippen LogP contribution in [-0.2, 0) is 4.74 Å². The number of rotatable bonds is 2. The van der Waals surface area contributed by atoms with Gasteiger partial charge in [0, 0.05) is 13.1 Å². The van der Waals surface area contributed by atoms with Crippen molar-refractivity contribution in [1.29, 1.82) is 0 Å². The average Bonchev–Trinajstić information content (AvgIpc) is 2.86. The van der Waals surface area contributed by atoms with Gasteiger partial charge in [0.1, 0.15) is 11.8 Å². The molecule has 1 amide bonds. The van der Waals surface area contributed by atoms with Gasteiger partial charge in [-0.3, -0.25) is 0 Å². The quantitative estimate of drug-likeness (QED) is 0.617. The molecule has 0 aliphatic carbocycles. The van der Waals surface area contributed by atoms with Crippen molar-refractivity contribution in [2.45, 2.75) is 45.3 Å². The van der Waals surface area contributed by atoms with Crippen molar-refractivity contribution in [3.63, 3.8) is 0 Å². The van der Waals surface area contributed by atoms with Gasteiger partial charge in [0.25, 0.3) is 0 Å². The number of carbonyl (C=O) groups is 1. The maximum Gasteiger partial charge on any atom is 0.410 e. The molecular weight excluding hydrogens is 276 g/mol. The minimum Gasteiger partial charge on any atom is -0.444 e. The summed E-state index contributed by atoms with van der Waals surface area (Å²) in [5, 5.41) is 10.7. The van der Waals surface area contributed by atoms with E-state index in [1.165, 1.54) is 12.5 Å². The third kappa shape index (κ3) is 3.93. The first-order chi connectivity index (χ1) is 9.76. The van der Waals surface area contributed by atoms with E-state index < -0.39 is 10.5 Å². The zero-order chi connectivity index (χ0) is 15.6. The van der Waals surface area contributed by atoms with Crippen molar-refractivity contribution in [1.82, 2.24) is 14.5 Å². The summed E-state index contributed by atoms with van der Waals surface area (Å²) in [6.07, 6.45) is 4.19. The molecule has 1 aliphatic rings. The maximum absolute atomic E-state index is 12.1. The number of nitro groups is 1. The third-order valence-corrected chi connectivity index (χ3v) is 3.24. The minimum absolute atomic E-state index is 0.00697. The Kier molecular flexibility index (Phi) is 4.15. The molecule has 1 aromatic heterocycles. The third-order valence-electron chi connectivity index (χ3n) is 3.24. The summed E-state index contributed by atoms with van der Waals surface area (Å²) in [7, 11) is 0. The lowest BCUT2D eigenvalue weighted by Crippen LogP contribution is -2.43.